The lowest BCUT2D eigenvalue weighted by Gasteiger charge is -2.12. The van der Waals surface area contributed by atoms with Crippen molar-refractivity contribution in [1.29, 1.82) is 0 Å². The van der Waals surface area contributed by atoms with Crippen molar-refractivity contribution in [2.24, 2.45) is 28.2 Å². The molecule has 0 saturated heterocycles. The second-order valence-corrected chi connectivity index (χ2v) is 31.8. The van der Waals surface area contributed by atoms with E-state index in [0.29, 0.717) is 73.3 Å². The third-order valence-corrected chi connectivity index (χ3v) is 24.3. The van der Waals surface area contributed by atoms with Crippen LogP contribution in [0.15, 0.2) is 285 Å². The molecular formula is C112H92N8O4+4. The predicted octanol–water partition coefficient (Wildman–Crippen LogP) is 28.9. The molecule has 0 radical (unpaired) electrons. The van der Waals surface area contributed by atoms with E-state index in [9.17, 15) is 0 Å². The van der Waals surface area contributed by atoms with Crippen molar-refractivity contribution < 1.29 is 48.3 Å². The summed E-state index contributed by atoms with van der Waals surface area (Å²) in [5, 5.41) is 7.87. The number of aromatic nitrogens is 4. The number of hydrogen-bond acceptors (Lipinski definition) is 4. The fourth-order valence-corrected chi connectivity index (χ4v) is 17.3. The van der Waals surface area contributed by atoms with Gasteiger partial charge in [-0.2, -0.15) is 18.3 Å². The summed E-state index contributed by atoms with van der Waals surface area (Å²) in [5.41, 5.74) is 33.2. The number of benzene rings is 12. The van der Waals surface area contributed by atoms with Gasteiger partial charge in [0.25, 0.3) is 0 Å². The van der Waals surface area contributed by atoms with Crippen LogP contribution in [0.3, 0.4) is 0 Å². The molecule has 0 unspecified atom stereocenters. The first-order valence-corrected chi connectivity index (χ1v) is 40.8. The van der Waals surface area contributed by atoms with E-state index in [2.05, 4.69) is 125 Å². The van der Waals surface area contributed by atoms with Gasteiger partial charge in [0, 0.05) is 130 Å². The molecule has 0 atom stereocenters. The third-order valence-electron chi connectivity index (χ3n) is 24.3. The highest BCUT2D eigenvalue weighted by Gasteiger charge is 2.30. The molecule has 0 aliphatic rings. The van der Waals surface area contributed by atoms with Gasteiger partial charge >= 0.3 is 0 Å². The average molecular weight is 1620 g/mol. The molecule has 124 heavy (non-hydrogen) atoms. The SMILES string of the molecule is [2H]C([2H])([2H])c1ccc(-c2c(C)cc(-c3ccccc3)c3c2oc2cc([N+]#[C-])ccc23)[n+](C)c1C.[2H]C([2H])([2H])c1ccc(-c2c(C)ccc3c2oc2cc([N+]#[C-])c(-c4ccccc4)cc23)[n+](C)c1C.[2H]C([2H])([2H])c1ccc(-c2c(C)ccc3c2oc2cc([N+]#[C-])cc(-c4ccccc4)c23)[n+](C)c1C.[C-]#[N+]c1cc2oc3c(-c4cc(C)cc(C)[n+]4C)c(C)ccc3c2cc1-c1ccccc1. The zero-order valence-corrected chi connectivity index (χ0v) is 71.1. The van der Waals surface area contributed by atoms with Crippen LogP contribution in [0.25, 0.3) is 197 Å². The Bertz CT molecular complexity index is 8340. The van der Waals surface area contributed by atoms with E-state index in [0.717, 1.165) is 177 Å². The molecule has 0 N–H and O–H groups in total. The summed E-state index contributed by atoms with van der Waals surface area (Å²) in [6.45, 7) is 41.8. The summed E-state index contributed by atoms with van der Waals surface area (Å²) in [6.07, 6.45) is 0. The Morgan fingerprint density at radius 2 is 0.629 bits per heavy atom. The summed E-state index contributed by atoms with van der Waals surface area (Å²) >= 11 is 0. The number of nitrogens with zero attached hydrogens (tertiary/aromatic N) is 8. The average Bonchev–Trinajstić information content (AvgIpc) is 1.60. The number of pyridine rings is 4. The van der Waals surface area contributed by atoms with E-state index in [1.54, 1.807) is 30.3 Å². The van der Waals surface area contributed by atoms with Gasteiger partial charge in [0.05, 0.1) is 48.5 Å². The van der Waals surface area contributed by atoms with Gasteiger partial charge in [0.15, 0.2) is 45.5 Å². The van der Waals surface area contributed by atoms with Crippen LogP contribution in [0.4, 0.5) is 22.7 Å². The number of rotatable bonds is 8. The Balaban J connectivity index is 0.000000124. The van der Waals surface area contributed by atoms with Crippen LogP contribution in [0.1, 0.15) is 79.6 Å². The first-order chi connectivity index (χ1) is 63.6. The van der Waals surface area contributed by atoms with Crippen molar-refractivity contribution >= 4 is 111 Å². The Morgan fingerprint density at radius 1 is 0.266 bits per heavy atom. The van der Waals surface area contributed by atoms with Crippen LogP contribution in [0.2, 0.25) is 0 Å². The number of fused-ring (bicyclic) bond motifs is 12. The van der Waals surface area contributed by atoms with Crippen molar-refractivity contribution in [2.45, 2.75) is 82.9 Å². The van der Waals surface area contributed by atoms with Crippen LogP contribution < -0.4 is 18.3 Å². The van der Waals surface area contributed by atoms with E-state index in [4.69, 9.17) is 56.3 Å². The first-order valence-electron chi connectivity index (χ1n) is 45.3. The summed E-state index contributed by atoms with van der Waals surface area (Å²) in [4.78, 5) is 14.8. The van der Waals surface area contributed by atoms with E-state index in [1.165, 1.54) is 16.8 Å². The molecule has 0 aliphatic carbocycles. The van der Waals surface area contributed by atoms with Gasteiger partial charge in [-0.3, -0.25) is 0 Å². The smallest absolute Gasteiger partial charge is 0.216 e. The summed E-state index contributed by atoms with van der Waals surface area (Å²) in [5.74, 6) is 0. The summed E-state index contributed by atoms with van der Waals surface area (Å²) < 4.78 is 104. The molecule has 0 saturated carbocycles. The first kappa shape index (κ1) is 70.3. The lowest BCUT2D eigenvalue weighted by atomic mass is 9.92. The Kier molecular flexibility index (Phi) is 18.6. The van der Waals surface area contributed by atoms with Gasteiger partial charge in [-0.1, -0.05) is 182 Å². The van der Waals surface area contributed by atoms with Crippen molar-refractivity contribution in [3.63, 3.8) is 0 Å². The van der Waals surface area contributed by atoms with Crippen LogP contribution in [-0.2, 0) is 28.2 Å². The second-order valence-electron chi connectivity index (χ2n) is 31.8. The standard InChI is InChI=1S/4C28H23N2O/c1-17-11-14-24(30(5)19(17)3)26-18(2)15-23(20-9-7-6-8-10-20)27-22-13-12-21(29-4)16-25(22)31-28(26)27;1-17-12-14-24(30(5)19(17)3)26-18(2)11-13-22-27-23(20-9-7-6-8-10-20)15-21(29-4)16-25(27)31-28(22)26;1-17-12-14-25(30(5)19(17)3)27-18(2)11-13-21-23-15-22(20-9-7-6-8-10-20)24(29-4)16-26(23)31-28(21)27;1-17-13-19(3)30(5)25(14-17)27-18(2)11-12-21-23-15-22(20-9-7-6-8-10-20)24(29-4)16-26(23)31-28(21)27/h4*6-16H,1-3,5H3/q4*+1/i3*1D3;. The minimum Gasteiger partial charge on any atom is -0.456 e. The monoisotopic (exact) mass is 1620 g/mol. The van der Waals surface area contributed by atoms with E-state index in [1.807, 2.05) is 240 Å². The summed E-state index contributed by atoms with van der Waals surface area (Å²) in [6, 6.07) is 87.0. The maximum Gasteiger partial charge on any atom is 0.216 e. The van der Waals surface area contributed by atoms with E-state index < -0.39 is 20.6 Å². The quantitative estimate of drug-likeness (QED) is 0.112. The largest absolute Gasteiger partial charge is 0.456 e. The molecule has 0 aliphatic heterocycles. The van der Waals surface area contributed by atoms with Crippen LogP contribution >= 0.6 is 0 Å². The molecule has 600 valence electrons. The fraction of sp³-hybridized carbons (Fsp3) is 0.143. The van der Waals surface area contributed by atoms with Crippen molar-refractivity contribution in [3.05, 3.63) is 380 Å². The molecule has 8 heterocycles. The molecule has 12 nitrogen and oxygen atoms in total. The van der Waals surface area contributed by atoms with Crippen LogP contribution in [-0.4, -0.2) is 0 Å². The lowest BCUT2D eigenvalue weighted by molar-refractivity contribution is -0.667. The minimum atomic E-state index is -2.18. The molecule has 0 bridgehead atoms. The summed E-state index contributed by atoms with van der Waals surface area (Å²) in [7, 11) is 7.74. The maximum absolute atomic E-state index is 7.87. The fourth-order valence-electron chi connectivity index (χ4n) is 17.3. The molecule has 8 aromatic heterocycles. The van der Waals surface area contributed by atoms with Crippen molar-refractivity contribution in [3.8, 4) is 89.5 Å². The number of furan rings is 4. The van der Waals surface area contributed by atoms with Gasteiger partial charge in [-0.15, -0.1) is 0 Å². The molecule has 12 aromatic carbocycles. The highest BCUT2D eigenvalue weighted by molar-refractivity contribution is 6.19. The van der Waals surface area contributed by atoms with Crippen molar-refractivity contribution in [1.82, 2.24) is 0 Å². The van der Waals surface area contributed by atoms with Gasteiger partial charge in [0.1, 0.15) is 72.9 Å². The maximum atomic E-state index is 7.87. The van der Waals surface area contributed by atoms with Gasteiger partial charge in [0.2, 0.25) is 22.8 Å². The van der Waals surface area contributed by atoms with Crippen LogP contribution in [0.5, 0.6) is 0 Å². The van der Waals surface area contributed by atoms with Gasteiger partial charge in [-0.05, 0) is 182 Å². The Morgan fingerprint density at radius 3 is 1.06 bits per heavy atom. The lowest BCUT2D eigenvalue weighted by Crippen LogP contribution is -2.35. The Hall–Kier alpha value is -15.6. The molecule has 12 heteroatoms. The Labute approximate surface area is 735 Å². The number of hydrogen-bond donors (Lipinski definition) is 0. The minimum absolute atomic E-state index is 0.333. The highest BCUT2D eigenvalue weighted by Crippen LogP contribution is 2.49. The van der Waals surface area contributed by atoms with Gasteiger partial charge in [-0.25, -0.2) is 19.4 Å². The highest BCUT2D eigenvalue weighted by atomic mass is 16.3. The molecule has 20 aromatic rings. The topological polar surface area (TPSA) is 85.5 Å². The number of aryl methyl sites for hydroxylation is 9. The zero-order valence-electron chi connectivity index (χ0n) is 80.1. The predicted molar refractivity (Wildman–Crippen MR) is 505 cm³/mol. The van der Waals surface area contributed by atoms with Crippen molar-refractivity contribution in [2.75, 3.05) is 0 Å². The van der Waals surface area contributed by atoms with E-state index in [-0.39, 0.29) is 0 Å². The molecule has 20 rings (SSSR count). The molecule has 0 amide bonds. The molecule has 0 spiro atoms. The molecular weight excluding hydrogens is 1520 g/mol. The third kappa shape index (κ3) is 14.3. The molecule has 0 fully saturated rings. The normalized spacial score (nSPS) is 12.6. The van der Waals surface area contributed by atoms with Crippen LogP contribution in [0, 0.1) is 109 Å². The zero-order chi connectivity index (χ0) is 94.3. The van der Waals surface area contributed by atoms with E-state index >= 15 is 0 Å². The van der Waals surface area contributed by atoms with Gasteiger partial charge < -0.3 is 17.7 Å². The second kappa shape index (κ2) is 32.8.